The van der Waals surface area contributed by atoms with Crippen molar-refractivity contribution in [1.29, 1.82) is 0 Å². The molecule has 4 rings (SSSR count). The van der Waals surface area contributed by atoms with Crippen molar-refractivity contribution in [3.8, 4) is 5.75 Å². The van der Waals surface area contributed by atoms with Gasteiger partial charge in [0.1, 0.15) is 18.2 Å². The van der Waals surface area contributed by atoms with E-state index in [2.05, 4.69) is 21.2 Å². The number of benzene rings is 3. The van der Waals surface area contributed by atoms with Gasteiger partial charge in [-0.15, -0.1) is 0 Å². The summed E-state index contributed by atoms with van der Waals surface area (Å²) in [6, 6.07) is 17.0. The van der Waals surface area contributed by atoms with Gasteiger partial charge in [0.2, 0.25) is 5.91 Å². The third-order valence-electron chi connectivity index (χ3n) is 5.93. The Kier molecular flexibility index (Phi) is 7.66. The molecule has 0 bridgehead atoms. The van der Waals surface area contributed by atoms with Crippen molar-refractivity contribution in [2.45, 2.75) is 39.2 Å². The van der Waals surface area contributed by atoms with Crippen molar-refractivity contribution in [3.63, 3.8) is 0 Å². The number of carbonyl (C=O) groups is 2. The minimum atomic E-state index is -1.05. The van der Waals surface area contributed by atoms with Crippen LogP contribution in [0.2, 0.25) is 0 Å². The Morgan fingerprint density at radius 3 is 2.49 bits per heavy atom. The Hall–Kier alpha value is -3.45. The molecule has 3 aromatic carbocycles. The van der Waals surface area contributed by atoms with Gasteiger partial charge in [0.05, 0.1) is 5.56 Å². The lowest BCUT2D eigenvalue weighted by Crippen LogP contribution is -2.11. The minimum Gasteiger partial charge on any atom is -0.488 e. The van der Waals surface area contributed by atoms with Crippen LogP contribution in [0.4, 0.5) is 10.1 Å². The van der Waals surface area contributed by atoms with E-state index < -0.39 is 5.97 Å². The first-order chi connectivity index (χ1) is 16.8. The first-order valence-electron chi connectivity index (χ1n) is 11.4. The van der Waals surface area contributed by atoms with E-state index in [1.54, 1.807) is 25.1 Å². The van der Waals surface area contributed by atoms with Crippen LogP contribution in [-0.2, 0) is 11.4 Å². The maximum Gasteiger partial charge on any atom is 0.335 e. The second kappa shape index (κ2) is 10.9. The average molecular weight is 538 g/mol. The molecule has 1 aliphatic carbocycles. The van der Waals surface area contributed by atoms with Gasteiger partial charge in [-0.2, -0.15) is 0 Å². The Balaban J connectivity index is 1.74. The van der Waals surface area contributed by atoms with Crippen molar-refractivity contribution >= 4 is 44.6 Å². The number of hydrogen-bond acceptors (Lipinski definition) is 3. The number of halogens is 2. The summed E-state index contributed by atoms with van der Waals surface area (Å²) in [5.41, 5.74) is 5.25. The highest BCUT2D eigenvalue weighted by Crippen LogP contribution is 2.44. The lowest BCUT2D eigenvalue weighted by atomic mass is 9.94. The smallest absolute Gasteiger partial charge is 0.335 e. The third kappa shape index (κ3) is 5.98. The van der Waals surface area contributed by atoms with Gasteiger partial charge in [0.25, 0.3) is 0 Å². The molecule has 0 fully saturated rings. The number of ether oxygens (including phenoxy) is 1. The number of allylic oxidation sites excluding steroid dienone is 2. The molecule has 0 unspecified atom stereocenters. The topological polar surface area (TPSA) is 75.6 Å². The van der Waals surface area contributed by atoms with Gasteiger partial charge < -0.3 is 15.2 Å². The van der Waals surface area contributed by atoms with Crippen LogP contribution in [-0.4, -0.2) is 17.0 Å². The van der Waals surface area contributed by atoms with E-state index in [9.17, 15) is 19.1 Å². The second-order valence-corrected chi connectivity index (χ2v) is 9.29. The van der Waals surface area contributed by atoms with E-state index >= 15 is 0 Å². The number of hydrogen-bond donors (Lipinski definition) is 2. The molecule has 0 saturated heterocycles. The molecule has 0 saturated carbocycles. The van der Waals surface area contributed by atoms with Gasteiger partial charge in [-0.05, 0) is 90.1 Å². The SMILES string of the molecule is CCC(=O)Nc1cc(C(=O)O)cc(C2=C(c3cc(Br)ccc3OCc3ccc(F)cc3)CCC2)c1. The monoisotopic (exact) mass is 537 g/mol. The average Bonchev–Trinajstić information content (AvgIpc) is 3.34. The van der Waals surface area contributed by atoms with Crippen LogP contribution >= 0.6 is 15.9 Å². The predicted octanol–water partition coefficient (Wildman–Crippen LogP) is 7.31. The molecule has 180 valence electrons. The van der Waals surface area contributed by atoms with Crippen molar-refractivity contribution in [2.24, 2.45) is 0 Å². The van der Waals surface area contributed by atoms with Gasteiger partial charge in [-0.25, -0.2) is 9.18 Å². The number of carboxylic acid groups (broad SMARTS) is 1. The first-order valence-corrected chi connectivity index (χ1v) is 12.2. The van der Waals surface area contributed by atoms with Crippen LogP contribution in [0.3, 0.4) is 0 Å². The Bertz CT molecular complexity index is 1300. The van der Waals surface area contributed by atoms with E-state index in [4.69, 9.17) is 4.74 Å². The first kappa shape index (κ1) is 24.7. The lowest BCUT2D eigenvalue weighted by molar-refractivity contribution is -0.115. The molecule has 35 heavy (non-hydrogen) atoms. The fourth-order valence-corrected chi connectivity index (χ4v) is 4.57. The quantitative estimate of drug-likeness (QED) is 0.316. The van der Waals surface area contributed by atoms with Crippen LogP contribution in [0.15, 0.2) is 65.1 Å². The molecule has 0 heterocycles. The summed E-state index contributed by atoms with van der Waals surface area (Å²) in [5.74, 6) is -0.829. The lowest BCUT2D eigenvalue weighted by Gasteiger charge is -2.16. The minimum absolute atomic E-state index is 0.120. The van der Waals surface area contributed by atoms with Crippen LogP contribution in [0.25, 0.3) is 11.1 Å². The van der Waals surface area contributed by atoms with Crippen molar-refractivity contribution < 1.29 is 23.8 Å². The number of carboxylic acids is 1. The predicted molar refractivity (Wildman–Crippen MR) is 138 cm³/mol. The number of nitrogens with one attached hydrogen (secondary N) is 1. The summed E-state index contributed by atoms with van der Waals surface area (Å²) in [7, 11) is 0. The molecule has 0 aromatic heterocycles. The van der Waals surface area contributed by atoms with Crippen molar-refractivity contribution in [2.75, 3.05) is 5.32 Å². The highest BCUT2D eigenvalue weighted by molar-refractivity contribution is 9.10. The molecule has 5 nitrogen and oxygen atoms in total. The van der Waals surface area contributed by atoms with E-state index in [0.717, 1.165) is 51.6 Å². The Morgan fingerprint density at radius 1 is 1.03 bits per heavy atom. The molecule has 2 N–H and O–H groups in total. The molecule has 1 aliphatic rings. The highest BCUT2D eigenvalue weighted by Gasteiger charge is 2.22. The van der Waals surface area contributed by atoms with Crippen molar-refractivity contribution in [1.82, 2.24) is 0 Å². The van der Waals surface area contributed by atoms with Gasteiger partial charge in [0, 0.05) is 22.1 Å². The van der Waals surface area contributed by atoms with E-state index in [1.807, 2.05) is 24.3 Å². The summed E-state index contributed by atoms with van der Waals surface area (Å²) in [5, 5.41) is 12.4. The molecule has 0 spiro atoms. The fourth-order valence-electron chi connectivity index (χ4n) is 4.21. The Morgan fingerprint density at radius 2 is 1.77 bits per heavy atom. The zero-order valence-electron chi connectivity index (χ0n) is 19.2. The standard InChI is InChI=1S/C28H25BrFNO4/c1-2-27(32)31-22-13-18(12-19(14-22)28(33)34)23-4-3-5-24(23)25-15-20(29)8-11-26(25)35-16-17-6-9-21(30)10-7-17/h6-15H,2-5,16H2,1H3,(H,31,32)(H,33,34). The molecule has 0 atom stereocenters. The molecular formula is C28H25BrFNO4. The van der Waals surface area contributed by atoms with Gasteiger partial charge in [-0.1, -0.05) is 35.0 Å². The third-order valence-corrected chi connectivity index (χ3v) is 6.42. The zero-order valence-corrected chi connectivity index (χ0v) is 20.8. The maximum atomic E-state index is 13.3. The van der Waals surface area contributed by atoms with Crippen LogP contribution < -0.4 is 10.1 Å². The number of rotatable bonds is 8. The summed E-state index contributed by atoms with van der Waals surface area (Å²) in [6.45, 7) is 2.04. The summed E-state index contributed by atoms with van der Waals surface area (Å²) >= 11 is 3.56. The highest BCUT2D eigenvalue weighted by atomic mass is 79.9. The number of amides is 1. The van der Waals surface area contributed by atoms with E-state index in [-0.39, 0.29) is 17.3 Å². The normalized spacial score (nSPS) is 13.1. The number of anilines is 1. The van der Waals surface area contributed by atoms with Crippen LogP contribution in [0, 0.1) is 5.82 Å². The maximum absolute atomic E-state index is 13.3. The molecule has 0 aliphatic heterocycles. The van der Waals surface area contributed by atoms with Crippen molar-refractivity contribution in [3.05, 3.63) is 93.2 Å². The Labute approximate surface area is 211 Å². The van der Waals surface area contributed by atoms with Gasteiger partial charge >= 0.3 is 5.97 Å². The van der Waals surface area contributed by atoms with E-state index in [0.29, 0.717) is 24.5 Å². The number of aromatic carboxylic acids is 1. The molecule has 7 heteroatoms. The van der Waals surface area contributed by atoms with Crippen LogP contribution in [0.5, 0.6) is 5.75 Å². The molecule has 0 radical (unpaired) electrons. The summed E-state index contributed by atoms with van der Waals surface area (Å²) < 4.78 is 20.3. The molecule has 1 amide bonds. The van der Waals surface area contributed by atoms with Gasteiger partial charge in [0.15, 0.2) is 0 Å². The summed E-state index contributed by atoms with van der Waals surface area (Å²) in [6.07, 6.45) is 2.81. The van der Waals surface area contributed by atoms with Gasteiger partial charge in [-0.3, -0.25) is 4.79 Å². The largest absolute Gasteiger partial charge is 0.488 e. The number of carbonyl (C=O) groups excluding carboxylic acids is 1. The molecular weight excluding hydrogens is 513 g/mol. The fraction of sp³-hybridized carbons (Fsp3) is 0.214. The second-order valence-electron chi connectivity index (χ2n) is 8.37. The van der Waals surface area contributed by atoms with Crippen LogP contribution in [0.1, 0.15) is 59.7 Å². The molecule has 3 aromatic rings. The van der Waals surface area contributed by atoms with E-state index in [1.165, 1.54) is 18.2 Å². The zero-order chi connectivity index (χ0) is 24.9. The summed E-state index contributed by atoms with van der Waals surface area (Å²) in [4.78, 5) is 23.7.